The van der Waals surface area contributed by atoms with E-state index >= 15 is 0 Å². The maximum absolute atomic E-state index is 12.9. The smallest absolute Gasteiger partial charge is 0.271 e. The van der Waals surface area contributed by atoms with E-state index in [1.165, 1.54) is 24.3 Å². The van der Waals surface area contributed by atoms with Crippen LogP contribution in [0.15, 0.2) is 77.9 Å². The lowest BCUT2D eigenvalue weighted by molar-refractivity contribution is 0.0954. The van der Waals surface area contributed by atoms with Gasteiger partial charge in [-0.3, -0.25) is 9.59 Å². The minimum atomic E-state index is -0.406. The van der Waals surface area contributed by atoms with Crippen molar-refractivity contribution in [2.24, 2.45) is 5.10 Å². The lowest BCUT2D eigenvalue weighted by Gasteiger charge is -2.06. The van der Waals surface area contributed by atoms with Gasteiger partial charge in [0.25, 0.3) is 11.8 Å². The van der Waals surface area contributed by atoms with Crippen LogP contribution >= 0.6 is 0 Å². The van der Waals surface area contributed by atoms with Crippen LogP contribution in [0.3, 0.4) is 0 Å². The van der Waals surface area contributed by atoms with Crippen molar-refractivity contribution >= 4 is 23.7 Å². The van der Waals surface area contributed by atoms with Gasteiger partial charge in [0.2, 0.25) is 0 Å². The van der Waals surface area contributed by atoms with Crippen molar-refractivity contribution in [3.63, 3.8) is 0 Å². The molecular weight excluding hydrogens is 357 g/mol. The third-order valence-corrected chi connectivity index (χ3v) is 4.07. The van der Waals surface area contributed by atoms with E-state index in [2.05, 4.69) is 15.8 Å². The van der Waals surface area contributed by atoms with Crippen molar-refractivity contribution in [2.75, 3.05) is 5.32 Å². The first-order valence-electron chi connectivity index (χ1n) is 8.59. The second-order valence-electron chi connectivity index (χ2n) is 6.09. The molecule has 2 N–H and O–H groups in total. The van der Waals surface area contributed by atoms with Gasteiger partial charge in [-0.05, 0) is 66.6 Å². The van der Waals surface area contributed by atoms with E-state index in [1.54, 1.807) is 30.5 Å². The number of hydrogen-bond donors (Lipinski definition) is 2. The number of rotatable bonds is 5. The van der Waals surface area contributed by atoms with Gasteiger partial charge in [0.05, 0.1) is 6.21 Å². The molecule has 0 aromatic heterocycles. The molecule has 6 heteroatoms. The quantitative estimate of drug-likeness (QED) is 0.519. The highest BCUT2D eigenvalue weighted by Gasteiger charge is 2.08. The zero-order valence-corrected chi connectivity index (χ0v) is 15.1. The first kappa shape index (κ1) is 19.0. The maximum atomic E-state index is 12.9. The Morgan fingerprint density at radius 2 is 1.46 bits per heavy atom. The van der Waals surface area contributed by atoms with E-state index in [-0.39, 0.29) is 11.8 Å². The molecular formula is C22H18FN3O2. The predicted octanol–water partition coefficient (Wildman–Crippen LogP) is 4.15. The Bertz CT molecular complexity index is 1010. The Kier molecular flexibility index (Phi) is 5.91. The van der Waals surface area contributed by atoms with Crippen molar-refractivity contribution in [1.82, 2.24) is 5.43 Å². The van der Waals surface area contributed by atoms with Gasteiger partial charge in [-0.1, -0.05) is 24.3 Å². The lowest BCUT2D eigenvalue weighted by atomic mass is 10.1. The fraction of sp³-hybridized carbons (Fsp3) is 0.0455. The van der Waals surface area contributed by atoms with Gasteiger partial charge in [0, 0.05) is 16.8 Å². The van der Waals surface area contributed by atoms with Crippen LogP contribution in [0.2, 0.25) is 0 Å². The molecule has 0 radical (unpaired) electrons. The molecule has 0 aliphatic carbocycles. The number of carbonyl (C=O) groups is 2. The topological polar surface area (TPSA) is 70.6 Å². The normalized spacial score (nSPS) is 10.6. The molecule has 28 heavy (non-hydrogen) atoms. The van der Waals surface area contributed by atoms with Crippen LogP contribution in [0.5, 0.6) is 0 Å². The Hall–Kier alpha value is -3.80. The number of nitrogens with zero attached hydrogens (tertiary/aromatic N) is 1. The van der Waals surface area contributed by atoms with Crippen LogP contribution in [-0.4, -0.2) is 18.0 Å². The summed E-state index contributed by atoms with van der Waals surface area (Å²) in [5.74, 6) is -1.13. The molecule has 3 aromatic carbocycles. The number of aryl methyl sites for hydroxylation is 1. The first-order chi connectivity index (χ1) is 13.5. The molecule has 0 bridgehead atoms. The second-order valence-corrected chi connectivity index (χ2v) is 6.09. The average Bonchev–Trinajstić information content (AvgIpc) is 2.70. The van der Waals surface area contributed by atoms with Crippen molar-refractivity contribution < 1.29 is 14.0 Å². The minimum Gasteiger partial charge on any atom is -0.322 e. The van der Waals surface area contributed by atoms with E-state index < -0.39 is 5.82 Å². The van der Waals surface area contributed by atoms with Gasteiger partial charge in [0.1, 0.15) is 5.82 Å². The molecule has 0 atom stereocenters. The summed E-state index contributed by atoms with van der Waals surface area (Å²) in [6, 6.07) is 19.3. The first-order valence-corrected chi connectivity index (χ1v) is 8.59. The number of anilines is 1. The van der Waals surface area contributed by atoms with Crippen LogP contribution in [0.25, 0.3) is 0 Å². The van der Waals surface area contributed by atoms with Crippen LogP contribution in [-0.2, 0) is 0 Å². The molecule has 0 heterocycles. The third kappa shape index (κ3) is 4.88. The molecule has 5 nitrogen and oxygen atoms in total. The third-order valence-electron chi connectivity index (χ3n) is 4.07. The number of carbonyl (C=O) groups excluding carboxylic acids is 2. The molecule has 140 valence electrons. The standard InChI is InChI=1S/C22H18FN3O2/c1-15-4-2-3-5-18(15)14-24-26-22(28)17-8-12-20(13-9-17)25-21(27)16-6-10-19(23)11-7-16/h2-14H,1H3,(H,25,27)(H,26,28)/b24-14+. The summed E-state index contributed by atoms with van der Waals surface area (Å²) in [5.41, 5.74) is 5.72. The molecule has 0 aliphatic heterocycles. The van der Waals surface area contributed by atoms with E-state index in [1.807, 2.05) is 31.2 Å². The van der Waals surface area contributed by atoms with E-state index in [0.29, 0.717) is 16.8 Å². The fourth-order valence-electron chi connectivity index (χ4n) is 2.47. The Balaban J connectivity index is 1.59. The zero-order chi connectivity index (χ0) is 19.9. The summed E-state index contributed by atoms with van der Waals surface area (Å²) < 4.78 is 12.9. The summed E-state index contributed by atoms with van der Waals surface area (Å²) in [6.45, 7) is 1.96. The van der Waals surface area contributed by atoms with Gasteiger partial charge >= 0.3 is 0 Å². The molecule has 0 saturated carbocycles. The fourth-order valence-corrected chi connectivity index (χ4v) is 2.47. The highest BCUT2D eigenvalue weighted by atomic mass is 19.1. The molecule has 2 amide bonds. The van der Waals surface area contributed by atoms with Crippen molar-refractivity contribution in [3.05, 3.63) is 101 Å². The van der Waals surface area contributed by atoms with E-state index in [0.717, 1.165) is 11.1 Å². The van der Waals surface area contributed by atoms with Crippen molar-refractivity contribution in [1.29, 1.82) is 0 Å². The van der Waals surface area contributed by atoms with Crippen LogP contribution in [0.4, 0.5) is 10.1 Å². The molecule has 0 fully saturated rings. The number of hydrazone groups is 1. The molecule has 3 rings (SSSR count). The number of halogens is 1. The van der Waals surface area contributed by atoms with E-state index in [4.69, 9.17) is 0 Å². The van der Waals surface area contributed by atoms with E-state index in [9.17, 15) is 14.0 Å². The Labute approximate surface area is 161 Å². The number of hydrogen-bond acceptors (Lipinski definition) is 3. The van der Waals surface area contributed by atoms with Gasteiger partial charge in [-0.25, -0.2) is 9.82 Å². The monoisotopic (exact) mass is 375 g/mol. The highest BCUT2D eigenvalue weighted by Crippen LogP contribution is 2.12. The van der Waals surface area contributed by atoms with Crippen LogP contribution in [0, 0.1) is 12.7 Å². The molecule has 0 aliphatic rings. The predicted molar refractivity (Wildman–Crippen MR) is 107 cm³/mol. The minimum absolute atomic E-state index is 0.341. The number of amides is 2. The summed E-state index contributed by atoms with van der Waals surface area (Å²) >= 11 is 0. The van der Waals surface area contributed by atoms with Crippen molar-refractivity contribution in [3.8, 4) is 0 Å². The number of nitrogens with one attached hydrogen (secondary N) is 2. The number of benzene rings is 3. The summed E-state index contributed by atoms with van der Waals surface area (Å²) in [6.07, 6.45) is 1.59. The maximum Gasteiger partial charge on any atom is 0.271 e. The summed E-state index contributed by atoms with van der Waals surface area (Å²) in [5, 5.41) is 6.66. The molecule has 0 unspecified atom stereocenters. The second kappa shape index (κ2) is 8.73. The lowest BCUT2D eigenvalue weighted by Crippen LogP contribution is -2.18. The molecule has 0 spiro atoms. The van der Waals surface area contributed by atoms with Gasteiger partial charge in [-0.15, -0.1) is 0 Å². The van der Waals surface area contributed by atoms with Gasteiger partial charge in [-0.2, -0.15) is 5.10 Å². The Morgan fingerprint density at radius 1 is 0.857 bits per heavy atom. The van der Waals surface area contributed by atoms with Crippen LogP contribution in [0.1, 0.15) is 31.8 Å². The molecule has 3 aromatic rings. The highest BCUT2D eigenvalue weighted by molar-refractivity contribution is 6.04. The largest absolute Gasteiger partial charge is 0.322 e. The summed E-state index contributed by atoms with van der Waals surface area (Å²) in [7, 11) is 0. The SMILES string of the molecule is Cc1ccccc1/C=N/NC(=O)c1ccc(NC(=O)c2ccc(F)cc2)cc1. The summed E-state index contributed by atoms with van der Waals surface area (Å²) in [4.78, 5) is 24.3. The Morgan fingerprint density at radius 3 is 2.14 bits per heavy atom. The molecule has 0 saturated heterocycles. The van der Waals surface area contributed by atoms with Crippen molar-refractivity contribution in [2.45, 2.75) is 6.92 Å². The zero-order valence-electron chi connectivity index (χ0n) is 15.1. The van der Waals surface area contributed by atoms with Crippen LogP contribution < -0.4 is 10.7 Å². The van der Waals surface area contributed by atoms with Gasteiger partial charge in [0.15, 0.2) is 0 Å². The van der Waals surface area contributed by atoms with Gasteiger partial charge < -0.3 is 5.32 Å². The average molecular weight is 375 g/mol.